The number of hydrogen-bond donors (Lipinski definition) is 1. The van der Waals surface area contributed by atoms with Gasteiger partial charge in [0.2, 0.25) is 5.91 Å². The lowest BCUT2D eigenvalue weighted by atomic mass is 10.00. The molecule has 8 heteroatoms. The SMILES string of the molecule is CCc1sc(NC(=O)Cn2cccc(C)c2=O)c(C(=O)OC)c1-c1ccc(Br)cc1. The van der Waals surface area contributed by atoms with Crippen LogP contribution < -0.4 is 10.9 Å². The highest BCUT2D eigenvalue weighted by molar-refractivity contribution is 9.10. The maximum Gasteiger partial charge on any atom is 0.341 e. The number of hydrogen-bond acceptors (Lipinski definition) is 5. The molecule has 1 aromatic carbocycles. The number of carbonyl (C=O) groups excluding carboxylic acids is 2. The van der Waals surface area contributed by atoms with E-state index in [0.29, 0.717) is 22.5 Å². The predicted molar refractivity (Wildman–Crippen MR) is 122 cm³/mol. The number of carbonyl (C=O) groups is 2. The van der Waals surface area contributed by atoms with Crippen molar-refractivity contribution in [2.24, 2.45) is 0 Å². The molecule has 0 fully saturated rings. The molecule has 2 heterocycles. The van der Waals surface area contributed by atoms with Gasteiger partial charge in [-0.25, -0.2) is 4.79 Å². The maximum absolute atomic E-state index is 12.7. The lowest BCUT2D eigenvalue weighted by Gasteiger charge is -2.10. The smallest absolute Gasteiger partial charge is 0.341 e. The largest absolute Gasteiger partial charge is 0.465 e. The monoisotopic (exact) mass is 488 g/mol. The molecule has 2 aromatic heterocycles. The Morgan fingerprint density at radius 2 is 1.90 bits per heavy atom. The van der Waals surface area contributed by atoms with Crippen molar-refractivity contribution in [3.8, 4) is 11.1 Å². The Bertz CT molecular complexity index is 1150. The van der Waals surface area contributed by atoms with Gasteiger partial charge in [-0.15, -0.1) is 11.3 Å². The molecule has 0 radical (unpaired) electrons. The van der Waals surface area contributed by atoms with E-state index in [2.05, 4.69) is 21.2 Å². The molecule has 0 bridgehead atoms. The first-order chi connectivity index (χ1) is 14.3. The number of anilines is 1. The molecule has 0 unspecified atom stereocenters. The fourth-order valence-corrected chi connectivity index (χ4v) is 4.57. The van der Waals surface area contributed by atoms with Gasteiger partial charge in [-0.2, -0.15) is 0 Å². The van der Waals surface area contributed by atoms with Crippen LogP contribution in [0, 0.1) is 6.92 Å². The van der Waals surface area contributed by atoms with E-state index in [9.17, 15) is 14.4 Å². The number of pyridine rings is 1. The fourth-order valence-electron chi connectivity index (χ4n) is 3.14. The maximum atomic E-state index is 12.7. The second-order valence-corrected chi connectivity index (χ2v) is 8.65. The molecule has 6 nitrogen and oxygen atoms in total. The lowest BCUT2D eigenvalue weighted by molar-refractivity contribution is -0.116. The number of benzene rings is 1. The van der Waals surface area contributed by atoms with Crippen molar-refractivity contribution in [1.82, 2.24) is 4.57 Å². The van der Waals surface area contributed by atoms with Crippen LogP contribution in [-0.2, 0) is 22.5 Å². The summed E-state index contributed by atoms with van der Waals surface area (Å²) in [6, 6.07) is 11.0. The number of ether oxygens (including phenoxy) is 1. The number of aryl methyl sites for hydroxylation is 2. The summed E-state index contributed by atoms with van der Waals surface area (Å²) < 4.78 is 7.27. The predicted octanol–water partition coefficient (Wildman–Crippen LogP) is 4.64. The summed E-state index contributed by atoms with van der Waals surface area (Å²) in [6.45, 7) is 3.55. The third-order valence-corrected chi connectivity index (χ3v) is 6.38. The molecule has 30 heavy (non-hydrogen) atoms. The zero-order valence-electron chi connectivity index (χ0n) is 16.8. The van der Waals surface area contributed by atoms with Crippen LogP contribution in [0.15, 0.2) is 51.9 Å². The normalized spacial score (nSPS) is 10.7. The van der Waals surface area contributed by atoms with Crippen LogP contribution in [0.2, 0.25) is 0 Å². The van der Waals surface area contributed by atoms with Crippen LogP contribution in [0.5, 0.6) is 0 Å². The highest BCUT2D eigenvalue weighted by Crippen LogP contribution is 2.41. The number of esters is 1. The Labute approximate surface area is 186 Å². The minimum Gasteiger partial charge on any atom is -0.465 e. The number of nitrogens with one attached hydrogen (secondary N) is 1. The van der Waals surface area contributed by atoms with Gasteiger partial charge < -0.3 is 14.6 Å². The van der Waals surface area contributed by atoms with Crippen LogP contribution in [-0.4, -0.2) is 23.6 Å². The summed E-state index contributed by atoms with van der Waals surface area (Å²) in [5, 5.41) is 3.23. The second kappa shape index (κ2) is 9.40. The molecule has 3 aromatic rings. The summed E-state index contributed by atoms with van der Waals surface area (Å²) in [6.07, 6.45) is 2.25. The van der Waals surface area contributed by atoms with Crippen LogP contribution in [0.4, 0.5) is 5.00 Å². The molecule has 1 amide bonds. The van der Waals surface area contributed by atoms with Gasteiger partial charge in [-0.1, -0.05) is 41.1 Å². The number of amides is 1. The quantitative estimate of drug-likeness (QED) is 0.512. The summed E-state index contributed by atoms with van der Waals surface area (Å²) in [5.41, 5.74) is 2.28. The lowest BCUT2D eigenvalue weighted by Crippen LogP contribution is -2.28. The van der Waals surface area contributed by atoms with Crippen molar-refractivity contribution in [3.63, 3.8) is 0 Å². The van der Waals surface area contributed by atoms with Crippen molar-refractivity contribution in [2.75, 3.05) is 12.4 Å². The summed E-state index contributed by atoms with van der Waals surface area (Å²) in [5.74, 6) is -0.911. The number of nitrogens with zero attached hydrogens (tertiary/aromatic N) is 1. The van der Waals surface area contributed by atoms with Crippen molar-refractivity contribution in [1.29, 1.82) is 0 Å². The third kappa shape index (κ3) is 4.55. The highest BCUT2D eigenvalue weighted by Gasteiger charge is 2.26. The first-order valence-corrected chi connectivity index (χ1v) is 10.9. The van der Waals surface area contributed by atoms with E-state index in [1.54, 1.807) is 25.3 Å². The number of aromatic nitrogens is 1. The zero-order valence-corrected chi connectivity index (χ0v) is 19.2. The summed E-state index contributed by atoms with van der Waals surface area (Å²) >= 11 is 4.76. The standard InChI is InChI=1S/C22H21BrN2O4S/c1-4-16-18(14-7-9-15(23)10-8-14)19(22(28)29-3)20(30-16)24-17(26)12-25-11-5-6-13(2)21(25)27/h5-11H,4,12H2,1-3H3,(H,24,26). The van der Waals surface area contributed by atoms with E-state index >= 15 is 0 Å². The van der Waals surface area contributed by atoms with Gasteiger partial charge in [0.1, 0.15) is 17.1 Å². The molecule has 0 atom stereocenters. The molecular weight excluding hydrogens is 468 g/mol. The van der Waals surface area contributed by atoms with E-state index in [4.69, 9.17) is 4.74 Å². The topological polar surface area (TPSA) is 77.4 Å². The number of thiophene rings is 1. The van der Waals surface area contributed by atoms with E-state index < -0.39 is 5.97 Å². The molecule has 3 rings (SSSR count). The minimum absolute atomic E-state index is 0.145. The molecule has 0 spiro atoms. The van der Waals surface area contributed by atoms with Gasteiger partial charge in [0.15, 0.2) is 0 Å². The molecular formula is C22H21BrN2O4S. The number of halogens is 1. The van der Waals surface area contributed by atoms with E-state index in [-0.39, 0.29) is 18.0 Å². The van der Waals surface area contributed by atoms with Gasteiger partial charge in [0, 0.05) is 26.7 Å². The first kappa shape index (κ1) is 22.0. The van der Waals surface area contributed by atoms with Crippen molar-refractivity contribution >= 4 is 44.1 Å². The number of rotatable bonds is 6. The molecule has 0 saturated heterocycles. The van der Waals surface area contributed by atoms with Crippen LogP contribution in [0.1, 0.15) is 27.7 Å². The highest BCUT2D eigenvalue weighted by atomic mass is 79.9. The Hall–Kier alpha value is -2.71. The van der Waals surface area contributed by atoms with E-state index in [1.807, 2.05) is 31.2 Å². The molecule has 0 aliphatic heterocycles. The van der Waals surface area contributed by atoms with Gasteiger partial charge in [-0.05, 0) is 37.1 Å². The number of methoxy groups -OCH3 is 1. The van der Waals surface area contributed by atoms with Crippen LogP contribution in [0.3, 0.4) is 0 Å². The second-order valence-electron chi connectivity index (χ2n) is 6.63. The average Bonchev–Trinajstić information content (AvgIpc) is 3.09. The van der Waals surface area contributed by atoms with Crippen LogP contribution >= 0.6 is 27.3 Å². The molecule has 0 saturated carbocycles. The van der Waals surface area contributed by atoms with Crippen molar-refractivity contribution in [2.45, 2.75) is 26.8 Å². The van der Waals surface area contributed by atoms with Crippen molar-refractivity contribution in [3.05, 3.63) is 73.4 Å². The van der Waals surface area contributed by atoms with E-state index in [0.717, 1.165) is 20.5 Å². The summed E-state index contributed by atoms with van der Waals surface area (Å²) in [4.78, 5) is 38.5. The van der Waals surface area contributed by atoms with Gasteiger partial charge >= 0.3 is 5.97 Å². The van der Waals surface area contributed by atoms with Gasteiger partial charge in [-0.3, -0.25) is 9.59 Å². The Morgan fingerprint density at radius 1 is 1.20 bits per heavy atom. The fraction of sp³-hybridized carbons (Fsp3) is 0.227. The minimum atomic E-state index is -0.521. The van der Waals surface area contributed by atoms with Gasteiger partial charge in [0.05, 0.1) is 7.11 Å². The molecule has 0 aliphatic rings. The average molecular weight is 489 g/mol. The first-order valence-electron chi connectivity index (χ1n) is 9.31. The Morgan fingerprint density at radius 3 is 2.53 bits per heavy atom. The van der Waals surface area contributed by atoms with Crippen LogP contribution in [0.25, 0.3) is 11.1 Å². The van der Waals surface area contributed by atoms with E-state index in [1.165, 1.54) is 23.0 Å². The summed E-state index contributed by atoms with van der Waals surface area (Å²) in [7, 11) is 1.31. The molecule has 156 valence electrons. The van der Waals surface area contributed by atoms with Crippen molar-refractivity contribution < 1.29 is 14.3 Å². The third-order valence-electron chi connectivity index (χ3n) is 4.60. The van der Waals surface area contributed by atoms with Gasteiger partial charge in [0.25, 0.3) is 5.56 Å². The zero-order chi connectivity index (χ0) is 21.8. The Kier molecular flexibility index (Phi) is 6.89. The Balaban J connectivity index is 2.01. The molecule has 0 aliphatic carbocycles. The molecule has 1 N–H and O–H groups in total.